The molecule has 120 valence electrons. The van der Waals surface area contributed by atoms with Crippen molar-refractivity contribution in [2.24, 2.45) is 0 Å². The van der Waals surface area contributed by atoms with Crippen LogP contribution in [0, 0.1) is 0 Å². The number of nitrogens with one attached hydrogen (secondary N) is 1. The van der Waals surface area contributed by atoms with Gasteiger partial charge in [0.25, 0.3) is 0 Å². The molecule has 1 aromatic carbocycles. The van der Waals surface area contributed by atoms with Crippen LogP contribution in [0.15, 0.2) is 67.1 Å². The van der Waals surface area contributed by atoms with E-state index in [0.717, 1.165) is 29.3 Å². The molecule has 1 N–H and O–H groups in total. The van der Waals surface area contributed by atoms with Crippen molar-refractivity contribution in [1.82, 2.24) is 24.4 Å². The van der Waals surface area contributed by atoms with Gasteiger partial charge in [-0.2, -0.15) is 14.7 Å². The molecule has 0 spiro atoms. The van der Waals surface area contributed by atoms with Crippen LogP contribution in [0.2, 0.25) is 0 Å². The lowest BCUT2D eigenvalue weighted by Crippen LogP contribution is -2.23. The molecule has 0 saturated heterocycles. The molecule has 4 rings (SSSR count). The summed E-state index contributed by atoms with van der Waals surface area (Å²) in [4.78, 5) is 4.69. The first-order valence-electron chi connectivity index (χ1n) is 7.94. The van der Waals surface area contributed by atoms with Crippen molar-refractivity contribution in [3.63, 3.8) is 0 Å². The predicted molar refractivity (Wildman–Crippen MR) is 93.7 cm³/mol. The molecule has 3 heterocycles. The lowest BCUT2D eigenvalue weighted by molar-refractivity contribution is 0.558. The molecule has 4 aromatic rings. The van der Waals surface area contributed by atoms with E-state index >= 15 is 0 Å². The van der Waals surface area contributed by atoms with Crippen LogP contribution in [0.5, 0.6) is 0 Å². The second-order valence-corrected chi connectivity index (χ2v) is 5.77. The van der Waals surface area contributed by atoms with Gasteiger partial charge in [0.2, 0.25) is 0 Å². The Kier molecular flexibility index (Phi) is 3.70. The van der Waals surface area contributed by atoms with Gasteiger partial charge < -0.3 is 5.32 Å². The van der Waals surface area contributed by atoms with E-state index in [1.165, 1.54) is 0 Å². The minimum Gasteiger partial charge on any atom is -0.366 e. The van der Waals surface area contributed by atoms with Gasteiger partial charge in [0, 0.05) is 36.1 Å². The number of rotatable bonds is 5. The molecular weight excluding hydrogens is 300 g/mol. The van der Waals surface area contributed by atoms with Crippen LogP contribution in [0.3, 0.4) is 0 Å². The van der Waals surface area contributed by atoms with E-state index < -0.39 is 0 Å². The second kappa shape index (κ2) is 6.16. The molecule has 6 heteroatoms. The zero-order chi connectivity index (χ0) is 16.4. The van der Waals surface area contributed by atoms with Gasteiger partial charge in [-0.15, -0.1) is 0 Å². The number of nitrogens with zero attached hydrogens (tertiary/aromatic N) is 5. The molecule has 0 fully saturated rings. The Morgan fingerprint density at radius 2 is 1.92 bits per heavy atom. The van der Waals surface area contributed by atoms with Crippen molar-refractivity contribution in [3.05, 3.63) is 67.1 Å². The van der Waals surface area contributed by atoms with E-state index in [2.05, 4.69) is 34.6 Å². The minimum absolute atomic E-state index is 0.198. The number of hydrogen-bond acceptors (Lipinski definition) is 4. The molecule has 0 aliphatic carbocycles. The van der Waals surface area contributed by atoms with Crippen molar-refractivity contribution in [2.75, 3.05) is 5.32 Å². The minimum atomic E-state index is 0.198. The highest BCUT2D eigenvalue weighted by molar-refractivity contribution is 5.66. The van der Waals surface area contributed by atoms with Crippen molar-refractivity contribution in [1.29, 1.82) is 0 Å². The molecule has 0 aliphatic rings. The molecule has 0 radical (unpaired) electrons. The summed E-state index contributed by atoms with van der Waals surface area (Å²) in [6, 6.07) is 16.2. The number of aromatic nitrogens is 5. The maximum Gasteiger partial charge on any atom is 0.157 e. The topological polar surface area (TPSA) is 60.0 Å². The highest BCUT2D eigenvalue weighted by Gasteiger charge is 2.11. The van der Waals surface area contributed by atoms with E-state index in [4.69, 9.17) is 4.98 Å². The first-order valence-corrected chi connectivity index (χ1v) is 7.94. The Hall–Kier alpha value is -3.15. The smallest absolute Gasteiger partial charge is 0.157 e. The summed E-state index contributed by atoms with van der Waals surface area (Å²) < 4.78 is 3.74. The lowest BCUT2D eigenvalue weighted by atomic mass is 10.1. The number of fused-ring (bicyclic) bond motifs is 1. The molecule has 0 aliphatic heterocycles. The zero-order valence-electron chi connectivity index (χ0n) is 13.4. The van der Waals surface area contributed by atoms with Crippen molar-refractivity contribution in [2.45, 2.75) is 19.5 Å². The third-order valence-corrected chi connectivity index (χ3v) is 3.84. The van der Waals surface area contributed by atoms with Gasteiger partial charge >= 0.3 is 0 Å². The van der Waals surface area contributed by atoms with Crippen molar-refractivity contribution < 1.29 is 0 Å². The van der Waals surface area contributed by atoms with Gasteiger partial charge in [0.05, 0.1) is 18.4 Å². The van der Waals surface area contributed by atoms with Gasteiger partial charge in [-0.1, -0.05) is 30.3 Å². The summed E-state index contributed by atoms with van der Waals surface area (Å²) in [7, 11) is 0. The van der Waals surface area contributed by atoms with Crippen LogP contribution in [-0.2, 0) is 6.54 Å². The SMILES string of the molecule is CC(Cn1cccn1)Nc1cc(-c2ccccc2)nc2ccnn12. The Morgan fingerprint density at radius 1 is 1.04 bits per heavy atom. The fraction of sp³-hybridized carbons (Fsp3) is 0.167. The monoisotopic (exact) mass is 318 g/mol. The van der Waals surface area contributed by atoms with Gasteiger partial charge in [0.1, 0.15) is 5.82 Å². The Bertz CT molecular complexity index is 927. The Labute approximate surface area is 139 Å². The molecule has 24 heavy (non-hydrogen) atoms. The average molecular weight is 318 g/mol. The van der Waals surface area contributed by atoms with Crippen LogP contribution in [0.25, 0.3) is 16.9 Å². The standard InChI is InChI=1S/C18H18N6/c1-14(13-23-11-5-9-19-23)21-18-12-16(15-6-3-2-4-7-15)22-17-8-10-20-24(17)18/h2-12,14,21H,13H2,1H3. The molecule has 0 amide bonds. The Morgan fingerprint density at radius 3 is 2.71 bits per heavy atom. The number of anilines is 1. The molecule has 6 nitrogen and oxygen atoms in total. The van der Waals surface area contributed by atoms with E-state index in [1.54, 1.807) is 12.4 Å². The summed E-state index contributed by atoms with van der Waals surface area (Å²) in [5.74, 6) is 0.920. The molecule has 0 saturated carbocycles. The van der Waals surface area contributed by atoms with E-state index in [-0.39, 0.29) is 6.04 Å². The summed E-state index contributed by atoms with van der Waals surface area (Å²) in [6.45, 7) is 2.90. The first kappa shape index (κ1) is 14.4. The largest absolute Gasteiger partial charge is 0.366 e. The fourth-order valence-electron chi connectivity index (χ4n) is 2.76. The number of hydrogen-bond donors (Lipinski definition) is 1. The first-order chi connectivity index (χ1) is 11.8. The predicted octanol–water partition coefficient (Wildman–Crippen LogP) is 3.09. The molecule has 0 bridgehead atoms. The summed E-state index contributed by atoms with van der Waals surface area (Å²) in [5.41, 5.74) is 2.84. The van der Waals surface area contributed by atoms with Gasteiger partial charge in [0.15, 0.2) is 5.65 Å². The summed E-state index contributed by atoms with van der Waals surface area (Å²) in [5, 5.41) is 12.1. The highest BCUT2D eigenvalue weighted by atomic mass is 15.3. The molecular formula is C18H18N6. The van der Waals surface area contributed by atoms with E-state index in [9.17, 15) is 0 Å². The third-order valence-electron chi connectivity index (χ3n) is 3.84. The summed E-state index contributed by atoms with van der Waals surface area (Å²) in [6.07, 6.45) is 5.52. The molecule has 1 atom stereocenters. The fourth-order valence-corrected chi connectivity index (χ4v) is 2.76. The Balaban J connectivity index is 1.67. The van der Waals surface area contributed by atoms with Crippen molar-refractivity contribution in [3.8, 4) is 11.3 Å². The average Bonchev–Trinajstić information content (AvgIpc) is 3.27. The normalized spacial score (nSPS) is 12.4. The molecule has 3 aromatic heterocycles. The maximum atomic E-state index is 4.69. The van der Waals surface area contributed by atoms with Gasteiger partial charge in [-0.25, -0.2) is 4.98 Å². The van der Waals surface area contributed by atoms with E-state index in [0.29, 0.717) is 0 Å². The zero-order valence-corrected chi connectivity index (χ0v) is 13.4. The van der Waals surface area contributed by atoms with Gasteiger partial charge in [-0.05, 0) is 13.0 Å². The third kappa shape index (κ3) is 2.86. The lowest BCUT2D eigenvalue weighted by Gasteiger charge is -2.17. The maximum absolute atomic E-state index is 4.69. The number of benzene rings is 1. The van der Waals surface area contributed by atoms with Crippen LogP contribution in [-0.4, -0.2) is 30.4 Å². The van der Waals surface area contributed by atoms with Crippen LogP contribution in [0.4, 0.5) is 5.82 Å². The quantitative estimate of drug-likeness (QED) is 0.614. The second-order valence-electron chi connectivity index (χ2n) is 5.77. The van der Waals surface area contributed by atoms with Crippen LogP contribution < -0.4 is 5.32 Å². The van der Waals surface area contributed by atoms with Gasteiger partial charge in [-0.3, -0.25) is 4.68 Å². The summed E-state index contributed by atoms with van der Waals surface area (Å²) >= 11 is 0. The van der Waals surface area contributed by atoms with Crippen LogP contribution in [0.1, 0.15) is 6.92 Å². The highest BCUT2D eigenvalue weighted by Crippen LogP contribution is 2.22. The van der Waals surface area contributed by atoms with E-state index in [1.807, 2.05) is 51.8 Å². The van der Waals surface area contributed by atoms with Crippen LogP contribution >= 0.6 is 0 Å². The molecule has 1 unspecified atom stereocenters. The van der Waals surface area contributed by atoms with Crippen molar-refractivity contribution >= 4 is 11.5 Å².